The second-order valence-corrected chi connectivity index (χ2v) is 9.70. The number of methoxy groups -OCH3 is 2. The first kappa shape index (κ1) is 26.6. The molecule has 0 spiro atoms. The van der Waals surface area contributed by atoms with Crippen molar-refractivity contribution in [2.24, 2.45) is 0 Å². The summed E-state index contributed by atoms with van der Waals surface area (Å²) in [6.07, 6.45) is 1.30. The molecule has 0 radical (unpaired) electrons. The van der Waals surface area contributed by atoms with Gasteiger partial charge in [0.1, 0.15) is 19.0 Å². The van der Waals surface area contributed by atoms with Crippen LogP contribution in [0.2, 0.25) is 0 Å². The van der Waals surface area contributed by atoms with E-state index in [2.05, 4.69) is 0 Å². The Morgan fingerprint density at radius 3 is 2.68 bits per heavy atom. The molecule has 0 fully saturated rings. The number of carbonyl (C=O) groups excluding carboxylic acids is 2. The zero-order valence-corrected chi connectivity index (χ0v) is 21.8. The van der Waals surface area contributed by atoms with Gasteiger partial charge in [-0.2, -0.15) is 0 Å². The van der Waals surface area contributed by atoms with Crippen LogP contribution in [0.25, 0.3) is 0 Å². The summed E-state index contributed by atoms with van der Waals surface area (Å²) < 4.78 is 30.5. The number of halogens is 1. The smallest absolute Gasteiger partial charge is 0.254 e. The zero-order chi connectivity index (χ0) is 26.2. The number of benzene rings is 2. The molecule has 0 N–H and O–H groups in total. The number of thiophene rings is 1. The van der Waals surface area contributed by atoms with Gasteiger partial charge < -0.3 is 24.0 Å². The molecule has 0 saturated heterocycles. The number of fused-ring (bicyclic) bond motifs is 1. The molecule has 0 saturated carbocycles. The molecule has 2 amide bonds. The Morgan fingerprint density at radius 1 is 1.11 bits per heavy atom. The van der Waals surface area contributed by atoms with Crippen LogP contribution in [-0.4, -0.2) is 68.7 Å². The van der Waals surface area contributed by atoms with E-state index in [4.69, 9.17) is 14.2 Å². The van der Waals surface area contributed by atoms with Crippen LogP contribution in [-0.2, 0) is 16.0 Å². The van der Waals surface area contributed by atoms with Gasteiger partial charge in [-0.1, -0.05) is 18.2 Å². The summed E-state index contributed by atoms with van der Waals surface area (Å²) in [4.78, 5) is 31.4. The third kappa shape index (κ3) is 6.47. The van der Waals surface area contributed by atoms with E-state index in [0.717, 1.165) is 12.0 Å². The first-order chi connectivity index (χ1) is 18.0. The van der Waals surface area contributed by atoms with Gasteiger partial charge in [0.25, 0.3) is 5.91 Å². The van der Waals surface area contributed by atoms with Crippen LogP contribution in [0.5, 0.6) is 11.5 Å². The summed E-state index contributed by atoms with van der Waals surface area (Å²) >= 11 is 1.67. The third-order valence-electron chi connectivity index (χ3n) is 6.34. The van der Waals surface area contributed by atoms with Crippen molar-refractivity contribution in [3.05, 3.63) is 81.8 Å². The summed E-state index contributed by atoms with van der Waals surface area (Å²) in [5.74, 6) is 0.143. The van der Waals surface area contributed by atoms with Crippen LogP contribution in [0, 0.1) is 5.82 Å². The van der Waals surface area contributed by atoms with Crippen molar-refractivity contribution >= 4 is 23.2 Å². The van der Waals surface area contributed by atoms with Crippen LogP contribution in [0.15, 0.2) is 60.0 Å². The van der Waals surface area contributed by atoms with Gasteiger partial charge in [-0.25, -0.2) is 4.39 Å². The maximum Gasteiger partial charge on any atom is 0.254 e. The number of hydrogen-bond donors (Lipinski definition) is 0. The Labute approximate surface area is 220 Å². The highest BCUT2D eigenvalue weighted by Gasteiger charge is 2.34. The highest BCUT2D eigenvalue weighted by atomic mass is 32.1. The Hall–Kier alpha value is -3.43. The molecule has 3 aromatic rings. The Bertz CT molecular complexity index is 1220. The van der Waals surface area contributed by atoms with E-state index in [1.165, 1.54) is 28.0 Å². The normalized spacial score (nSPS) is 14.7. The Balaban J connectivity index is 1.54. The van der Waals surface area contributed by atoms with Gasteiger partial charge in [-0.15, -0.1) is 11.3 Å². The molecule has 0 bridgehead atoms. The second kappa shape index (κ2) is 12.7. The molecular formula is C28H31FN2O5S. The van der Waals surface area contributed by atoms with Crippen LogP contribution in [0.1, 0.15) is 33.3 Å². The van der Waals surface area contributed by atoms with E-state index in [1.807, 2.05) is 35.7 Å². The van der Waals surface area contributed by atoms with E-state index < -0.39 is 5.82 Å². The van der Waals surface area contributed by atoms with Crippen molar-refractivity contribution in [3.8, 4) is 11.5 Å². The predicted molar refractivity (Wildman–Crippen MR) is 140 cm³/mol. The molecule has 9 heteroatoms. The lowest BCUT2D eigenvalue weighted by molar-refractivity contribution is -0.135. The van der Waals surface area contributed by atoms with Crippen molar-refractivity contribution in [1.82, 2.24) is 9.80 Å². The number of rotatable bonds is 11. The first-order valence-corrected chi connectivity index (χ1v) is 13.0. The van der Waals surface area contributed by atoms with Crippen molar-refractivity contribution in [2.75, 3.05) is 47.1 Å². The summed E-state index contributed by atoms with van der Waals surface area (Å²) in [5.41, 5.74) is 1.27. The molecule has 4 rings (SSSR count). The average molecular weight is 527 g/mol. The van der Waals surface area contributed by atoms with Crippen molar-refractivity contribution in [2.45, 2.75) is 18.9 Å². The summed E-state index contributed by atoms with van der Waals surface area (Å²) in [6.45, 7) is 1.40. The molecule has 1 aliphatic heterocycles. The SMILES string of the molecule is COCCCN(CC(=O)N1CCc2sccc2[C@H]1COc1ccccc1OC)C(=O)c1cccc(F)c1. The molecule has 2 heterocycles. The van der Waals surface area contributed by atoms with Crippen molar-refractivity contribution in [3.63, 3.8) is 0 Å². The third-order valence-corrected chi connectivity index (χ3v) is 7.34. The first-order valence-electron chi connectivity index (χ1n) is 12.2. The van der Waals surface area contributed by atoms with Gasteiger partial charge in [0.15, 0.2) is 11.5 Å². The largest absolute Gasteiger partial charge is 0.493 e. The summed E-state index contributed by atoms with van der Waals surface area (Å²) in [7, 11) is 3.17. The van der Waals surface area contributed by atoms with Gasteiger partial charge in [0, 0.05) is 37.2 Å². The molecule has 1 atom stereocenters. The maximum atomic E-state index is 13.8. The zero-order valence-electron chi connectivity index (χ0n) is 21.0. The fourth-order valence-electron chi connectivity index (χ4n) is 4.49. The summed E-state index contributed by atoms with van der Waals surface area (Å²) in [6, 6.07) is 14.6. The molecule has 0 unspecified atom stereocenters. The minimum atomic E-state index is -0.497. The molecular weight excluding hydrogens is 495 g/mol. The summed E-state index contributed by atoms with van der Waals surface area (Å²) in [5, 5.41) is 2.03. The van der Waals surface area contributed by atoms with Crippen molar-refractivity contribution < 1.29 is 28.2 Å². The van der Waals surface area contributed by atoms with E-state index in [-0.39, 0.29) is 36.6 Å². The quantitative estimate of drug-likeness (QED) is 0.342. The van der Waals surface area contributed by atoms with E-state index >= 15 is 0 Å². The number of carbonyl (C=O) groups is 2. The minimum Gasteiger partial charge on any atom is -0.493 e. The lowest BCUT2D eigenvalue weighted by Crippen LogP contribution is -2.48. The van der Waals surface area contributed by atoms with E-state index in [0.29, 0.717) is 37.6 Å². The van der Waals surface area contributed by atoms with Crippen LogP contribution in [0.4, 0.5) is 4.39 Å². The Morgan fingerprint density at radius 2 is 1.92 bits per heavy atom. The lowest BCUT2D eigenvalue weighted by atomic mass is 10.0. The number of ether oxygens (including phenoxy) is 3. The molecule has 37 heavy (non-hydrogen) atoms. The number of amides is 2. The number of nitrogens with zero attached hydrogens (tertiary/aromatic N) is 2. The molecule has 2 aromatic carbocycles. The van der Waals surface area contributed by atoms with Crippen LogP contribution in [0.3, 0.4) is 0 Å². The van der Waals surface area contributed by atoms with Crippen molar-refractivity contribution in [1.29, 1.82) is 0 Å². The highest BCUT2D eigenvalue weighted by Crippen LogP contribution is 2.35. The highest BCUT2D eigenvalue weighted by molar-refractivity contribution is 7.10. The molecule has 196 valence electrons. The van der Waals surface area contributed by atoms with Gasteiger partial charge in [-0.3, -0.25) is 9.59 Å². The topological polar surface area (TPSA) is 68.3 Å². The standard InChI is InChI=1S/C28H31FN2O5S/c1-34-15-6-13-30(28(33)20-7-5-8-21(29)17-20)18-27(32)31-14-11-26-22(12-16-37-26)23(31)19-36-25-10-4-3-9-24(25)35-2/h3-5,7-10,12,16-17,23H,6,11,13-15,18-19H2,1-2H3/t23-/m1/s1. The minimum absolute atomic E-state index is 0.121. The van der Waals surface area contributed by atoms with Crippen LogP contribution >= 0.6 is 11.3 Å². The van der Waals surface area contributed by atoms with E-state index in [1.54, 1.807) is 36.5 Å². The van der Waals surface area contributed by atoms with Gasteiger partial charge in [-0.05, 0) is 60.2 Å². The fourth-order valence-corrected chi connectivity index (χ4v) is 5.42. The number of hydrogen-bond acceptors (Lipinski definition) is 6. The monoisotopic (exact) mass is 526 g/mol. The van der Waals surface area contributed by atoms with E-state index in [9.17, 15) is 14.0 Å². The molecule has 1 aliphatic rings. The predicted octanol–water partition coefficient (Wildman–Crippen LogP) is 4.58. The Kier molecular flexibility index (Phi) is 9.14. The number of para-hydroxylation sites is 2. The molecule has 7 nitrogen and oxygen atoms in total. The van der Waals surface area contributed by atoms with Crippen LogP contribution < -0.4 is 9.47 Å². The average Bonchev–Trinajstić information content (AvgIpc) is 3.40. The fraction of sp³-hybridized carbons (Fsp3) is 0.357. The van der Waals surface area contributed by atoms with Gasteiger partial charge in [0.2, 0.25) is 5.91 Å². The van der Waals surface area contributed by atoms with Gasteiger partial charge in [0.05, 0.1) is 13.2 Å². The molecule has 0 aliphatic carbocycles. The molecule has 1 aromatic heterocycles. The maximum absolute atomic E-state index is 13.8. The second-order valence-electron chi connectivity index (χ2n) is 8.70. The van der Waals surface area contributed by atoms with Gasteiger partial charge >= 0.3 is 0 Å². The lowest BCUT2D eigenvalue weighted by Gasteiger charge is -2.37.